The highest BCUT2D eigenvalue weighted by molar-refractivity contribution is 5.55. The number of hydrogen-bond donors (Lipinski definition) is 2. The Bertz CT molecular complexity index is 1010. The molecule has 1 atom stereocenters. The molecule has 5 heteroatoms. The zero-order valence-electron chi connectivity index (χ0n) is 17.1. The van der Waals surface area contributed by atoms with Crippen LogP contribution in [0.1, 0.15) is 41.8 Å². The van der Waals surface area contributed by atoms with Crippen molar-refractivity contribution in [3.8, 4) is 11.4 Å². The topological polar surface area (TPSA) is 61.0 Å². The Balaban J connectivity index is 1.51. The number of aromatic nitrogens is 2. The molecule has 2 aromatic carbocycles. The molecule has 4 rings (SSSR count). The summed E-state index contributed by atoms with van der Waals surface area (Å²) in [5, 5.41) is 3.23. The second kappa shape index (κ2) is 8.72. The number of benzene rings is 2. The molecule has 0 radical (unpaired) electrons. The minimum Gasteiger partial charge on any atom is -0.312 e. The Morgan fingerprint density at radius 3 is 2.59 bits per heavy atom. The van der Waals surface area contributed by atoms with Crippen LogP contribution in [0.2, 0.25) is 0 Å². The van der Waals surface area contributed by atoms with Gasteiger partial charge in [0.1, 0.15) is 5.82 Å². The summed E-state index contributed by atoms with van der Waals surface area (Å²) in [5.41, 5.74) is 5.19. The first-order chi connectivity index (χ1) is 14.2. The average molecular weight is 389 g/mol. The SMILES string of the molecule is CCC(c1ccccc1)N(C)Cc1ccc(-c2nc3c(c(=O)[nH]2)CNCC3)cc1. The molecule has 1 aliphatic heterocycles. The van der Waals surface area contributed by atoms with Crippen LogP contribution in [-0.4, -0.2) is 28.5 Å². The Kier molecular flexibility index (Phi) is 5.88. The van der Waals surface area contributed by atoms with Crippen molar-refractivity contribution in [3.05, 3.63) is 87.3 Å². The molecule has 2 heterocycles. The first kappa shape index (κ1) is 19.6. The zero-order valence-corrected chi connectivity index (χ0v) is 17.1. The number of aromatic amines is 1. The fourth-order valence-electron chi connectivity index (χ4n) is 4.13. The van der Waals surface area contributed by atoms with Crippen LogP contribution in [0.3, 0.4) is 0 Å². The van der Waals surface area contributed by atoms with Gasteiger partial charge in [-0.25, -0.2) is 4.98 Å². The number of fused-ring (bicyclic) bond motifs is 1. The first-order valence-corrected chi connectivity index (χ1v) is 10.3. The Morgan fingerprint density at radius 2 is 1.86 bits per heavy atom. The van der Waals surface area contributed by atoms with Gasteiger partial charge in [-0.05, 0) is 24.6 Å². The van der Waals surface area contributed by atoms with Crippen LogP contribution in [0.25, 0.3) is 11.4 Å². The predicted octanol–water partition coefficient (Wildman–Crippen LogP) is 3.67. The molecule has 5 nitrogen and oxygen atoms in total. The minimum atomic E-state index is -0.0327. The molecule has 2 N–H and O–H groups in total. The largest absolute Gasteiger partial charge is 0.312 e. The van der Waals surface area contributed by atoms with Crippen molar-refractivity contribution in [3.63, 3.8) is 0 Å². The fourth-order valence-corrected chi connectivity index (χ4v) is 4.13. The van der Waals surface area contributed by atoms with E-state index in [1.807, 2.05) is 0 Å². The van der Waals surface area contributed by atoms with Crippen molar-refractivity contribution in [2.75, 3.05) is 13.6 Å². The third-order valence-electron chi connectivity index (χ3n) is 5.70. The second-order valence-corrected chi connectivity index (χ2v) is 7.71. The van der Waals surface area contributed by atoms with Crippen molar-refractivity contribution in [2.24, 2.45) is 0 Å². The maximum atomic E-state index is 12.4. The van der Waals surface area contributed by atoms with E-state index in [1.165, 1.54) is 11.1 Å². The van der Waals surface area contributed by atoms with Crippen molar-refractivity contribution < 1.29 is 0 Å². The lowest BCUT2D eigenvalue weighted by Crippen LogP contribution is -2.31. The van der Waals surface area contributed by atoms with Gasteiger partial charge < -0.3 is 10.3 Å². The van der Waals surface area contributed by atoms with E-state index in [1.54, 1.807) is 0 Å². The summed E-state index contributed by atoms with van der Waals surface area (Å²) >= 11 is 0. The van der Waals surface area contributed by atoms with Crippen LogP contribution < -0.4 is 10.9 Å². The number of H-pyrrole nitrogens is 1. The van der Waals surface area contributed by atoms with Crippen LogP contribution in [0.15, 0.2) is 59.4 Å². The van der Waals surface area contributed by atoms with E-state index >= 15 is 0 Å². The molecule has 3 aromatic rings. The van der Waals surface area contributed by atoms with Gasteiger partial charge in [0.15, 0.2) is 0 Å². The van der Waals surface area contributed by atoms with Gasteiger partial charge in [-0.15, -0.1) is 0 Å². The van der Waals surface area contributed by atoms with Crippen LogP contribution >= 0.6 is 0 Å². The summed E-state index contributed by atoms with van der Waals surface area (Å²) in [4.78, 5) is 22.4. The van der Waals surface area contributed by atoms with Gasteiger partial charge in [0, 0.05) is 37.7 Å². The molecule has 150 valence electrons. The van der Waals surface area contributed by atoms with Crippen molar-refractivity contribution in [2.45, 2.75) is 38.9 Å². The van der Waals surface area contributed by atoms with Crippen LogP contribution in [0, 0.1) is 0 Å². The molecular weight excluding hydrogens is 360 g/mol. The van der Waals surface area contributed by atoms with Crippen LogP contribution in [0.5, 0.6) is 0 Å². The molecule has 1 aliphatic rings. The normalized spacial score (nSPS) is 14.6. The number of rotatable bonds is 6. The van der Waals surface area contributed by atoms with Gasteiger partial charge in [0.25, 0.3) is 5.56 Å². The van der Waals surface area contributed by atoms with Gasteiger partial charge in [0.05, 0.1) is 11.3 Å². The van der Waals surface area contributed by atoms with Gasteiger partial charge in [-0.1, -0.05) is 61.5 Å². The smallest absolute Gasteiger partial charge is 0.255 e. The summed E-state index contributed by atoms with van der Waals surface area (Å²) in [7, 11) is 2.17. The Hall–Kier alpha value is -2.76. The van der Waals surface area contributed by atoms with E-state index in [0.29, 0.717) is 18.4 Å². The standard InChI is InChI=1S/C24H28N4O/c1-3-22(18-7-5-4-6-8-18)28(2)16-17-9-11-19(12-10-17)23-26-21-13-14-25-15-20(21)24(29)27-23/h4-12,22,25H,3,13-16H2,1-2H3,(H,26,27,29). The van der Waals surface area contributed by atoms with Crippen molar-refractivity contribution in [1.82, 2.24) is 20.2 Å². The maximum absolute atomic E-state index is 12.4. The highest BCUT2D eigenvalue weighted by Crippen LogP contribution is 2.25. The van der Waals surface area contributed by atoms with E-state index in [-0.39, 0.29) is 5.56 Å². The lowest BCUT2D eigenvalue weighted by Gasteiger charge is -2.27. The first-order valence-electron chi connectivity index (χ1n) is 10.3. The molecule has 29 heavy (non-hydrogen) atoms. The molecule has 0 fully saturated rings. The number of nitrogens with one attached hydrogen (secondary N) is 2. The molecule has 0 bridgehead atoms. The van der Waals surface area contributed by atoms with E-state index in [0.717, 1.165) is 42.8 Å². The van der Waals surface area contributed by atoms with E-state index in [9.17, 15) is 4.79 Å². The molecule has 1 unspecified atom stereocenters. The van der Waals surface area contributed by atoms with Crippen LogP contribution in [0.4, 0.5) is 0 Å². The minimum absolute atomic E-state index is 0.0327. The summed E-state index contributed by atoms with van der Waals surface area (Å²) < 4.78 is 0. The molecule has 0 saturated carbocycles. The molecule has 1 aromatic heterocycles. The molecule has 0 amide bonds. The number of nitrogens with zero attached hydrogens (tertiary/aromatic N) is 2. The summed E-state index contributed by atoms with van der Waals surface area (Å²) in [5.74, 6) is 0.659. The molecular formula is C24H28N4O. The fraction of sp³-hybridized carbons (Fsp3) is 0.333. The van der Waals surface area contributed by atoms with E-state index in [4.69, 9.17) is 4.98 Å². The third kappa shape index (κ3) is 4.31. The summed E-state index contributed by atoms with van der Waals surface area (Å²) in [6, 6.07) is 19.4. The monoisotopic (exact) mass is 388 g/mol. The molecule has 0 spiro atoms. The highest BCUT2D eigenvalue weighted by atomic mass is 16.1. The molecule has 0 saturated heterocycles. The zero-order chi connectivity index (χ0) is 20.2. The molecule has 0 aliphatic carbocycles. The van der Waals surface area contributed by atoms with Crippen LogP contribution in [-0.2, 0) is 19.5 Å². The quantitative estimate of drug-likeness (QED) is 0.676. The van der Waals surface area contributed by atoms with Gasteiger partial charge in [-0.3, -0.25) is 9.69 Å². The summed E-state index contributed by atoms with van der Waals surface area (Å²) in [6.45, 7) is 4.57. The second-order valence-electron chi connectivity index (χ2n) is 7.71. The highest BCUT2D eigenvalue weighted by Gasteiger charge is 2.17. The van der Waals surface area contributed by atoms with Gasteiger partial charge >= 0.3 is 0 Å². The maximum Gasteiger partial charge on any atom is 0.255 e. The average Bonchev–Trinajstić information content (AvgIpc) is 2.75. The van der Waals surface area contributed by atoms with E-state index < -0.39 is 0 Å². The van der Waals surface area contributed by atoms with Crippen molar-refractivity contribution >= 4 is 0 Å². The number of hydrogen-bond acceptors (Lipinski definition) is 4. The van der Waals surface area contributed by atoms with E-state index in [2.05, 4.69) is 83.8 Å². The van der Waals surface area contributed by atoms with Gasteiger partial charge in [-0.2, -0.15) is 0 Å². The Labute approximate surface area is 171 Å². The third-order valence-corrected chi connectivity index (χ3v) is 5.70. The predicted molar refractivity (Wildman–Crippen MR) is 117 cm³/mol. The lowest BCUT2D eigenvalue weighted by atomic mass is 10.0. The Morgan fingerprint density at radius 1 is 1.10 bits per heavy atom. The van der Waals surface area contributed by atoms with Gasteiger partial charge in [0.2, 0.25) is 0 Å². The lowest BCUT2D eigenvalue weighted by molar-refractivity contribution is 0.230. The van der Waals surface area contributed by atoms with Crippen molar-refractivity contribution in [1.29, 1.82) is 0 Å². The summed E-state index contributed by atoms with van der Waals surface area (Å²) in [6.07, 6.45) is 1.86.